The van der Waals surface area contributed by atoms with Crippen LogP contribution in [0.4, 0.5) is 0 Å². The number of likely N-dealkylation sites (tertiary alicyclic amines) is 1. The molecular weight excluding hydrogens is 370 g/mol. The first-order chi connectivity index (χ1) is 13.7. The van der Waals surface area contributed by atoms with E-state index in [1.165, 1.54) is 4.90 Å². The normalized spacial score (nSPS) is 15.2. The number of piperidine rings is 1. The number of aromatic nitrogens is 2. The minimum Gasteiger partial charge on any atom is -0.343 e. The molecule has 0 aliphatic carbocycles. The van der Waals surface area contributed by atoms with E-state index in [4.69, 9.17) is 0 Å². The summed E-state index contributed by atoms with van der Waals surface area (Å²) >= 11 is 1.80. The van der Waals surface area contributed by atoms with Crippen LogP contribution in [0.2, 0.25) is 0 Å². The zero-order valence-corrected chi connectivity index (χ0v) is 16.7. The van der Waals surface area contributed by atoms with Gasteiger partial charge in [0.1, 0.15) is 0 Å². The molecule has 2 heterocycles. The van der Waals surface area contributed by atoms with Gasteiger partial charge < -0.3 is 9.88 Å². The highest BCUT2D eigenvalue weighted by Gasteiger charge is 2.25. The zero-order valence-electron chi connectivity index (χ0n) is 15.8. The van der Waals surface area contributed by atoms with Crippen molar-refractivity contribution in [2.75, 3.05) is 18.8 Å². The molecule has 0 unspecified atom stereocenters. The van der Waals surface area contributed by atoms with E-state index in [1.54, 1.807) is 11.8 Å². The number of thioether (sulfide) groups is 1. The Labute approximate surface area is 168 Å². The van der Waals surface area contributed by atoms with Gasteiger partial charge in [-0.2, -0.15) is 0 Å². The minimum atomic E-state index is -0.0519. The summed E-state index contributed by atoms with van der Waals surface area (Å²) in [6.07, 6.45) is 3.14. The Morgan fingerprint density at radius 3 is 2.54 bits per heavy atom. The number of H-pyrrole nitrogens is 1. The second-order valence-electron chi connectivity index (χ2n) is 7.19. The van der Waals surface area contributed by atoms with E-state index in [-0.39, 0.29) is 17.6 Å². The first kappa shape index (κ1) is 18.9. The van der Waals surface area contributed by atoms with Crippen LogP contribution in [0, 0.1) is 0 Å². The number of para-hydroxylation sites is 2. The highest BCUT2D eigenvalue weighted by Crippen LogP contribution is 2.25. The van der Waals surface area contributed by atoms with E-state index >= 15 is 0 Å². The smallest absolute Gasteiger partial charge is 0.326 e. The third-order valence-corrected chi connectivity index (χ3v) is 6.45. The van der Waals surface area contributed by atoms with E-state index in [9.17, 15) is 9.59 Å². The van der Waals surface area contributed by atoms with Crippen molar-refractivity contribution < 1.29 is 4.79 Å². The van der Waals surface area contributed by atoms with Gasteiger partial charge in [-0.05, 0) is 49.3 Å². The number of nitrogens with zero attached hydrogens (tertiary/aromatic N) is 2. The maximum Gasteiger partial charge on any atom is 0.326 e. The van der Waals surface area contributed by atoms with Gasteiger partial charge in [-0.1, -0.05) is 30.3 Å². The van der Waals surface area contributed by atoms with Gasteiger partial charge in [-0.15, -0.1) is 11.8 Å². The highest BCUT2D eigenvalue weighted by atomic mass is 32.2. The molecule has 1 amide bonds. The number of carbonyl (C=O) groups excluding carboxylic acids is 1. The standard InChI is InChI=1S/C22H25N3O2S/c26-21(11-6-16-28-18-7-2-1-3-8-18)24-14-12-17(13-15-24)25-20-10-5-4-9-19(20)23-22(25)27/h1-5,7-10,17H,6,11-16H2,(H,23,27). The molecule has 5 nitrogen and oxygen atoms in total. The van der Waals surface area contributed by atoms with Gasteiger partial charge in [0.25, 0.3) is 0 Å². The molecular formula is C22H25N3O2S. The minimum absolute atomic E-state index is 0.0519. The molecule has 0 bridgehead atoms. The van der Waals surface area contributed by atoms with Crippen molar-refractivity contribution in [1.82, 2.24) is 14.5 Å². The van der Waals surface area contributed by atoms with Gasteiger partial charge in [0.15, 0.2) is 0 Å². The quantitative estimate of drug-likeness (QED) is 0.506. The SMILES string of the molecule is O=C(CCCSc1ccccc1)N1CCC(n2c(=O)[nH]c3ccccc32)CC1. The Hall–Kier alpha value is -2.47. The number of fused-ring (bicyclic) bond motifs is 1. The Bertz CT molecular complexity index is 988. The summed E-state index contributed by atoms with van der Waals surface area (Å²) in [7, 11) is 0. The average Bonchev–Trinajstić information content (AvgIpc) is 3.07. The van der Waals surface area contributed by atoms with Gasteiger partial charge in [0.2, 0.25) is 5.91 Å². The molecule has 3 aromatic rings. The molecule has 146 valence electrons. The molecule has 4 rings (SSSR count). The summed E-state index contributed by atoms with van der Waals surface area (Å²) in [4.78, 5) is 31.0. The summed E-state index contributed by atoms with van der Waals surface area (Å²) in [6.45, 7) is 1.45. The van der Waals surface area contributed by atoms with Gasteiger partial charge in [-0.3, -0.25) is 9.36 Å². The molecule has 2 aromatic carbocycles. The monoisotopic (exact) mass is 395 g/mol. The van der Waals surface area contributed by atoms with E-state index < -0.39 is 0 Å². The Morgan fingerprint density at radius 1 is 1.04 bits per heavy atom. The van der Waals surface area contributed by atoms with Crippen LogP contribution in [0.1, 0.15) is 31.7 Å². The zero-order chi connectivity index (χ0) is 19.3. The summed E-state index contributed by atoms with van der Waals surface area (Å²) in [6, 6.07) is 18.2. The van der Waals surface area contributed by atoms with E-state index in [0.717, 1.165) is 49.1 Å². The third kappa shape index (κ3) is 4.17. The summed E-state index contributed by atoms with van der Waals surface area (Å²) in [5.41, 5.74) is 1.78. The number of rotatable bonds is 6. The van der Waals surface area contributed by atoms with Crippen LogP contribution in [0.3, 0.4) is 0 Å². The Kier molecular flexibility index (Phi) is 5.86. The van der Waals surface area contributed by atoms with Crippen molar-refractivity contribution in [1.29, 1.82) is 0 Å². The number of nitrogens with one attached hydrogen (secondary N) is 1. The molecule has 1 aromatic heterocycles. The Balaban J connectivity index is 1.27. The second kappa shape index (κ2) is 8.69. The first-order valence-corrected chi connectivity index (χ1v) is 10.9. The number of imidazole rings is 1. The maximum atomic E-state index is 12.5. The lowest BCUT2D eigenvalue weighted by Gasteiger charge is -2.32. The van der Waals surface area contributed by atoms with Crippen molar-refractivity contribution >= 4 is 28.7 Å². The van der Waals surface area contributed by atoms with Crippen LogP contribution in [-0.2, 0) is 4.79 Å². The summed E-state index contributed by atoms with van der Waals surface area (Å²) in [5, 5.41) is 0. The molecule has 1 N–H and O–H groups in total. The van der Waals surface area contributed by atoms with Gasteiger partial charge in [0.05, 0.1) is 11.0 Å². The summed E-state index contributed by atoms with van der Waals surface area (Å²) < 4.78 is 1.87. The van der Waals surface area contributed by atoms with Gasteiger partial charge in [0, 0.05) is 30.4 Å². The van der Waals surface area contributed by atoms with Crippen molar-refractivity contribution in [2.24, 2.45) is 0 Å². The predicted molar refractivity (Wildman–Crippen MR) is 114 cm³/mol. The van der Waals surface area contributed by atoms with Crippen molar-refractivity contribution in [3.05, 3.63) is 65.1 Å². The van der Waals surface area contributed by atoms with Gasteiger partial charge in [-0.25, -0.2) is 4.79 Å². The molecule has 0 spiro atoms. The lowest BCUT2D eigenvalue weighted by molar-refractivity contribution is -0.132. The first-order valence-electron chi connectivity index (χ1n) is 9.87. The van der Waals surface area contributed by atoms with E-state index in [0.29, 0.717) is 6.42 Å². The second-order valence-corrected chi connectivity index (χ2v) is 8.36. The lowest BCUT2D eigenvalue weighted by atomic mass is 10.0. The molecule has 1 aliphatic heterocycles. The van der Waals surface area contributed by atoms with E-state index in [1.807, 2.05) is 51.9 Å². The Morgan fingerprint density at radius 2 is 1.75 bits per heavy atom. The highest BCUT2D eigenvalue weighted by molar-refractivity contribution is 7.99. The van der Waals surface area contributed by atoms with E-state index in [2.05, 4.69) is 17.1 Å². The molecule has 28 heavy (non-hydrogen) atoms. The predicted octanol–water partition coefficient (Wildman–Crippen LogP) is 4.07. The van der Waals surface area contributed by atoms with Crippen LogP contribution in [0.15, 0.2) is 64.3 Å². The van der Waals surface area contributed by atoms with Crippen molar-refractivity contribution in [2.45, 2.75) is 36.6 Å². The topological polar surface area (TPSA) is 58.1 Å². The number of aromatic amines is 1. The molecule has 1 fully saturated rings. The number of hydrogen-bond donors (Lipinski definition) is 1. The molecule has 0 saturated carbocycles. The van der Waals surface area contributed by atoms with Crippen molar-refractivity contribution in [3.63, 3.8) is 0 Å². The number of carbonyl (C=O) groups is 1. The van der Waals surface area contributed by atoms with Crippen molar-refractivity contribution in [3.8, 4) is 0 Å². The number of benzene rings is 2. The maximum absolute atomic E-state index is 12.5. The fourth-order valence-electron chi connectivity index (χ4n) is 3.90. The largest absolute Gasteiger partial charge is 0.343 e. The van der Waals surface area contributed by atoms with Crippen LogP contribution < -0.4 is 5.69 Å². The fourth-order valence-corrected chi connectivity index (χ4v) is 4.77. The summed E-state index contributed by atoms with van der Waals surface area (Å²) in [5.74, 6) is 1.19. The fraction of sp³-hybridized carbons (Fsp3) is 0.364. The van der Waals surface area contributed by atoms with Crippen LogP contribution in [-0.4, -0.2) is 39.2 Å². The van der Waals surface area contributed by atoms with Crippen LogP contribution in [0.25, 0.3) is 11.0 Å². The average molecular weight is 396 g/mol. The molecule has 0 atom stereocenters. The number of hydrogen-bond acceptors (Lipinski definition) is 3. The number of amides is 1. The van der Waals surface area contributed by atoms with Crippen LogP contribution in [0.5, 0.6) is 0 Å². The van der Waals surface area contributed by atoms with Gasteiger partial charge >= 0.3 is 5.69 Å². The molecule has 6 heteroatoms. The lowest BCUT2D eigenvalue weighted by Crippen LogP contribution is -2.40. The molecule has 1 aliphatic rings. The molecule has 1 saturated heterocycles. The van der Waals surface area contributed by atoms with Crippen LogP contribution >= 0.6 is 11.8 Å². The molecule has 0 radical (unpaired) electrons. The third-order valence-electron chi connectivity index (χ3n) is 5.35.